The Morgan fingerprint density at radius 2 is 2.13 bits per heavy atom. The van der Waals surface area contributed by atoms with Gasteiger partial charge >= 0.3 is 0 Å². The molecule has 0 radical (unpaired) electrons. The Kier molecular flexibility index (Phi) is 4.60. The third kappa shape index (κ3) is 3.88. The van der Waals surface area contributed by atoms with Gasteiger partial charge in [-0.05, 0) is 29.7 Å². The van der Waals surface area contributed by atoms with E-state index >= 15 is 0 Å². The van der Waals surface area contributed by atoms with Gasteiger partial charge in [-0.2, -0.15) is 0 Å². The summed E-state index contributed by atoms with van der Waals surface area (Å²) >= 11 is 6.24. The van der Waals surface area contributed by atoms with Crippen molar-refractivity contribution >= 4 is 29.4 Å². The summed E-state index contributed by atoms with van der Waals surface area (Å²) < 4.78 is 0. The van der Waals surface area contributed by atoms with Crippen LogP contribution in [0, 0.1) is 0 Å². The lowest BCUT2D eigenvalue weighted by atomic mass is 10.1. The van der Waals surface area contributed by atoms with Crippen molar-refractivity contribution in [1.29, 1.82) is 0 Å². The molecule has 6 heteroatoms. The van der Waals surface area contributed by atoms with Crippen LogP contribution < -0.4 is 10.8 Å². The molecule has 1 aliphatic carbocycles. The molecule has 0 unspecified atom stereocenters. The molecule has 2 aromatic rings. The third-order valence-electron chi connectivity index (χ3n) is 3.74. The van der Waals surface area contributed by atoms with E-state index in [2.05, 4.69) is 22.4 Å². The summed E-state index contributed by atoms with van der Waals surface area (Å²) in [5, 5.41) is 12.3. The molecule has 118 valence electrons. The molecule has 1 saturated carbocycles. The normalized spacial score (nSPS) is 19.6. The van der Waals surface area contributed by atoms with Crippen LogP contribution in [0.5, 0.6) is 0 Å². The highest BCUT2D eigenvalue weighted by molar-refractivity contribution is 6.33. The first kappa shape index (κ1) is 15.5. The molecule has 1 heterocycles. The fourth-order valence-corrected chi connectivity index (χ4v) is 2.69. The molecule has 2 atom stereocenters. The molecular weight excluding hydrogens is 314 g/mol. The monoisotopic (exact) mass is 329 g/mol. The topological polar surface area (TPSA) is 74.2 Å². The lowest BCUT2D eigenvalue weighted by Gasteiger charge is -2.08. The second-order valence-corrected chi connectivity index (χ2v) is 5.82. The van der Waals surface area contributed by atoms with Crippen molar-refractivity contribution in [2.75, 3.05) is 5.32 Å². The number of anilines is 1. The second kappa shape index (κ2) is 6.81. The summed E-state index contributed by atoms with van der Waals surface area (Å²) in [6.45, 7) is 0. The molecule has 5 nitrogen and oxygen atoms in total. The van der Waals surface area contributed by atoms with Gasteiger partial charge in [0, 0.05) is 24.2 Å². The third-order valence-corrected chi connectivity index (χ3v) is 4.03. The number of rotatable bonds is 5. The second-order valence-electron chi connectivity index (χ2n) is 5.41. The highest BCUT2D eigenvalue weighted by Crippen LogP contribution is 2.43. The average molecular weight is 330 g/mol. The van der Waals surface area contributed by atoms with E-state index in [9.17, 15) is 4.79 Å². The summed E-state index contributed by atoms with van der Waals surface area (Å²) in [4.78, 5) is 15.2. The SMILES string of the molecule is O=C(/C=C/c1cnc(N[C@H]2C[C@@H]2c2ccccc2)c(Cl)c1)NO. The number of carbonyl (C=O) groups excluding carboxylic acids is 1. The predicted molar refractivity (Wildman–Crippen MR) is 89.4 cm³/mol. The van der Waals surface area contributed by atoms with Gasteiger partial charge in [0.25, 0.3) is 5.91 Å². The Labute approximate surface area is 139 Å². The molecule has 0 saturated heterocycles. The van der Waals surface area contributed by atoms with Crippen molar-refractivity contribution in [3.8, 4) is 0 Å². The lowest BCUT2D eigenvalue weighted by molar-refractivity contribution is -0.124. The number of hydrogen-bond donors (Lipinski definition) is 3. The van der Waals surface area contributed by atoms with Crippen LogP contribution in [0.15, 0.2) is 48.7 Å². The maximum absolute atomic E-state index is 10.9. The van der Waals surface area contributed by atoms with E-state index in [0.29, 0.717) is 28.4 Å². The predicted octanol–water partition coefficient (Wildman–Crippen LogP) is 3.22. The first-order valence-corrected chi connectivity index (χ1v) is 7.64. The molecule has 0 spiro atoms. The van der Waals surface area contributed by atoms with Crippen molar-refractivity contribution in [3.05, 3.63) is 64.8 Å². The molecule has 0 aliphatic heterocycles. The number of nitrogens with zero attached hydrogens (tertiary/aromatic N) is 1. The number of aromatic nitrogens is 1. The number of benzene rings is 1. The summed E-state index contributed by atoms with van der Waals surface area (Å²) in [6, 6.07) is 12.4. The van der Waals surface area contributed by atoms with Gasteiger partial charge < -0.3 is 5.32 Å². The molecule has 3 rings (SSSR count). The van der Waals surface area contributed by atoms with Crippen molar-refractivity contribution in [3.63, 3.8) is 0 Å². The summed E-state index contributed by atoms with van der Waals surface area (Å²) in [5.74, 6) is 0.521. The summed E-state index contributed by atoms with van der Waals surface area (Å²) in [5.41, 5.74) is 3.52. The van der Waals surface area contributed by atoms with E-state index in [0.717, 1.165) is 6.42 Å². The van der Waals surface area contributed by atoms with Crippen LogP contribution in [0.3, 0.4) is 0 Å². The van der Waals surface area contributed by atoms with E-state index in [-0.39, 0.29) is 0 Å². The number of pyridine rings is 1. The zero-order valence-corrected chi connectivity index (χ0v) is 13.0. The van der Waals surface area contributed by atoms with Crippen molar-refractivity contribution in [1.82, 2.24) is 10.5 Å². The number of amides is 1. The largest absolute Gasteiger partial charge is 0.365 e. The lowest BCUT2D eigenvalue weighted by Crippen LogP contribution is -2.14. The molecule has 23 heavy (non-hydrogen) atoms. The van der Waals surface area contributed by atoms with Gasteiger partial charge in [0.2, 0.25) is 0 Å². The van der Waals surface area contributed by atoms with Gasteiger partial charge in [-0.1, -0.05) is 41.9 Å². The minimum Gasteiger partial charge on any atom is -0.365 e. The van der Waals surface area contributed by atoms with Crippen LogP contribution in [0.4, 0.5) is 5.82 Å². The van der Waals surface area contributed by atoms with Crippen LogP contribution in [0.1, 0.15) is 23.5 Å². The smallest absolute Gasteiger partial charge is 0.267 e. The van der Waals surface area contributed by atoms with E-state index in [1.807, 2.05) is 18.2 Å². The van der Waals surface area contributed by atoms with Crippen LogP contribution in [0.25, 0.3) is 6.08 Å². The molecule has 1 aromatic heterocycles. The fraction of sp³-hybridized carbons (Fsp3) is 0.176. The Balaban J connectivity index is 1.64. The Morgan fingerprint density at radius 3 is 2.83 bits per heavy atom. The van der Waals surface area contributed by atoms with Gasteiger partial charge in [0.15, 0.2) is 0 Å². The zero-order chi connectivity index (χ0) is 16.2. The molecule has 3 N–H and O–H groups in total. The van der Waals surface area contributed by atoms with Gasteiger partial charge in [0.1, 0.15) is 5.82 Å². The quantitative estimate of drug-likeness (QED) is 0.447. The number of hydrogen-bond acceptors (Lipinski definition) is 4. The van der Waals surface area contributed by atoms with Crippen molar-refractivity contribution in [2.45, 2.75) is 18.4 Å². The van der Waals surface area contributed by atoms with Crippen LogP contribution in [0.2, 0.25) is 5.02 Å². The fourth-order valence-electron chi connectivity index (χ4n) is 2.46. The van der Waals surface area contributed by atoms with Crippen molar-refractivity contribution < 1.29 is 10.0 Å². The van der Waals surface area contributed by atoms with Crippen LogP contribution in [-0.4, -0.2) is 22.1 Å². The number of hydroxylamine groups is 1. The van der Waals surface area contributed by atoms with E-state index in [1.54, 1.807) is 12.3 Å². The minimum absolute atomic E-state index is 0.337. The van der Waals surface area contributed by atoms with Gasteiger partial charge in [-0.25, -0.2) is 10.5 Å². The molecule has 1 aliphatic rings. The summed E-state index contributed by atoms with van der Waals surface area (Å²) in [6.07, 6.45) is 5.40. The summed E-state index contributed by atoms with van der Waals surface area (Å²) in [7, 11) is 0. The van der Waals surface area contributed by atoms with Gasteiger partial charge in [-0.3, -0.25) is 10.0 Å². The van der Waals surface area contributed by atoms with Gasteiger partial charge in [-0.15, -0.1) is 0 Å². The first-order valence-electron chi connectivity index (χ1n) is 7.26. The molecule has 1 fully saturated rings. The zero-order valence-electron chi connectivity index (χ0n) is 12.2. The molecule has 1 amide bonds. The Bertz CT molecular complexity index is 734. The maximum atomic E-state index is 10.9. The Hall–Kier alpha value is -2.37. The highest BCUT2D eigenvalue weighted by atomic mass is 35.5. The van der Waals surface area contributed by atoms with Crippen LogP contribution in [-0.2, 0) is 4.79 Å². The number of nitrogens with one attached hydrogen (secondary N) is 2. The average Bonchev–Trinajstić information content (AvgIpc) is 3.35. The van der Waals surface area contributed by atoms with E-state index in [1.165, 1.54) is 23.2 Å². The van der Waals surface area contributed by atoms with Gasteiger partial charge in [0.05, 0.1) is 5.02 Å². The highest BCUT2D eigenvalue weighted by Gasteiger charge is 2.38. The van der Waals surface area contributed by atoms with E-state index < -0.39 is 5.91 Å². The number of halogens is 1. The maximum Gasteiger partial charge on any atom is 0.267 e. The van der Waals surface area contributed by atoms with Crippen molar-refractivity contribution in [2.24, 2.45) is 0 Å². The van der Waals surface area contributed by atoms with E-state index in [4.69, 9.17) is 16.8 Å². The molecular formula is C17H16ClN3O2. The number of carbonyl (C=O) groups is 1. The van der Waals surface area contributed by atoms with Crippen LogP contribution >= 0.6 is 11.6 Å². The first-order chi connectivity index (χ1) is 11.2. The molecule has 1 aromatic carbocycles. The molecule has 0 bridgehead atoms. The Morgan fingerprint density at radius 1 is 1.35 bits per heavy atom. The standard InChI is InChI=1S/C17H16ClN3O2/c18-14-8-11(6-7-16(22)21-23)10-19-17(14)20-15-9-13(15)12-4-2-1-3-5-12/h1-8,10,13,15,23H,9H2,(H,19,20)(H,21,22)/b7-6+/t13-,15+/m1/s1. The minimum atomic E-state index is -0.605.